The Bertz CT molecular complexity index is 251. The lowest BCUT2D eigenvalue weighted by molar-refractivity contribution is -0.0208. The van der Waals surface area contributed by atoms with Crippen LogP contribution in [0.1, 0.15) is 34.6 Å². The van der Waals surface area contributed by atoms with Crippen molar-refractivity contribution in [2.75, 3.05) is 0 Å². The lowest BCUT2D eigenvalue weighted by atomic mass is 9.73. The third-order valence-corrected chi connectivity index (χ3v) is 3.01. The van der Waals surface area contributed by atoms with Crippen molar-refractivity contribution in [1.82, 2.24) is 0 Å². The monoisotopic (exact) mass is 169 g/mol. The molecule has 0 aliphatic carbocycles. The van der Waals surface area contributed by atoms with Crippen molar-refractivity contribution >= 4 is 11.8 Å². The molecule has 0 unspecified atom stereocenters. The van der Waals surface area contributed by atoms with E-state index < -0.39 is 11.7 Å². The normalized spacial score (nSPS) is 26.1. The minimum absolute atomic E-state index is 0.180. The van der Waals surface area contributed by atoms with E-state index in [-0.39, 0.29) is 5.41 Å². The Balaban J connectivity index is 3.15. The van der Waals surface area contributed by atoms with E-state index in [1.807, 2.05) is 34.6 Å². The Morgan fingerprint density at radius 1 is 1.25 bits per heavy atom. The summed E-state index contributed by atoms with van der Waals surface area (Å²) in [5, 5.41) is 0. The molecule has 1 aliphatic rings. The molecule has 12 heavy (non-hydrogen) atoms. The van der Waals surface area contributed by atoms with Crippen molar-refractivity contribution in [3.05, 3.63) is 0 Å². The first-order valence-corrected chi connectivity index (χ1v) is 4.06. The second-order valence-corrected chi connectivity index (χ2v) is 4.20. The molecule has 0 spiro atoms. The molecule has 1 rings (SSSR count). The fraction of sp³-hybridized carbons (Fsp3) is 0.778. The third-order valence-electron chi connectivity index (χ3n) is 3.01. The number of carbonyl (C=O) groups is 1. The van der Waals surface area contributed by atoms with E-state index in [1.54, 1.807) is 0 Å². The van der Waals surface area contributed by atoms with Crippen LogP contribution < -0.4 is 0 Å². The molecule has 0 aromatic rings. The van der Waals surface area contributed by atoms with Gasteiger partial charge in [-0.05, 0) is 20.8 Å². The molecule has 0 saturated carbocycles. The van der Waals surface area contributed by atoms with Crippen molar-refractivity contribution in [2.45, 2.75) is 40.2 Å². The molecule has 0 saturated heterocycles. The van der Waals surface area contributed by atoms with Crippen LogP contribution in [-0.2, 0) is 4.74 Å². The van der Waals surface area contributed by atoms with Gasteiger partial charge in [-0.2, -0.15) is 4.99 Å². The summed E-state index contributed by atoms with van der Waals surface area (Å²) in [6.45, 7) is 9.73. The van der Waals surface area contributed by atoms with Gasteiger partial charge in [0.2, 0.25) is 0 Å². The third kappa shape index (κ3) is 1.13. The van der Waals surface area contributed by atoms with Gasteiger partial charge in [0.05, 0.1) is 0 Å². The standard InChI is InChI=1S/C9H15NO2/c1-6-8(2,3)9(4,5)12-7(11)10-6/h1-5H3. The van der Waals surface area contributed by atoms with Gasteiger partial charge in [0, 0.05) is 11.1 Å². The molecule has 3 heteroatoms. The van der Waals surface area contributed by atoms with Crippen LogP contribution in [0.3, 0.4) is 0 Å². The highest BCUT2D eigenvalue weighted by Gasteiger charge is 2.45. The van der Waals surface area contributed by atoms with Crippen LogP contribution in [0.25, 0.3) is 0 Å². The summed E-state index contributed by atoms with van der Waals surface area (Å²) >= 11 is 0. The second kappa shape index (κ2) is 2.31. The summed E-state index contributed by atoms with van der Waals surface area (Å²) in [6.07, 6.45) is -0.475. The van der Waals surface area contributed by atoms with E-state index in [9.17, 15) is 4.79 Å². The number of nitrogens with zero attached hydrogens (tertiary/aromatic N) is 1. The fourth-order valence-electron chi connectivity index (χ4n) is 1.08. The highest BCUT2D eigenvalue weighted by atomic mass is 16.6. The Kier molecular flexibility index (Phi) is 1.78. The van der Waals surface area contributed by atoms with Crippen LogP contribution in [0.2, 0.25) is 0 Å². The van der Waals surface area contributed by atoms with Gasteiger partial charge in [-0.15, -0.1) is 0 Å². The van der Waals surface area contributed by atoms with E-state index in [4.69, 9.17) is 4.74 Å². The predicted molar refractivity (Wildman–Crippen MR) is 47.5 cm³/mol. The molecule has 0 N–H and O–H groups in total. The summed E-state index contributed by atoms with van der Waals surface area (Å²) in [4.78, 5) is 14.8. The summed E-state index contributed by atoms with van der Waals surface area (Å²) in [7, 11) is 0. The maximum atomic E-state index is 11.0. The van der Waals surface area contributed by atoms with Crippen LogP contribution >= 0.6 is 0 Å². The zero-order chi connectivity index (χ0) is 9.57. The fourth-order valence-corrected chi connectivity index (χ4v) is 1.08. The number of aliphatic imine (C=N–C) groups is 1. The number of cyclic esters (lactones) is 1. The molecule has 0 radical (unpaired) electrons. The Morgan fingerprint density at radius 2 is 1.75 bits per heavy atom. The van der Waals surface area contributed by atoms with Crippen molar-refractivity contribution in [2.24, 2.45) is 10.4 Å². The van der Waals surface area contributed by atoms with E-state index >= 15 is 0 Å². The number of amides is 1. The molecule has 0 atom stereocenters. The van der Waals surface area contributed by atoms with Gasteiger partial charge in [0.25, 0.3) is 0 Å². The largest absolute Gasteiger partial charge is 0.441 e. The Labute approximate surface area is 72.8 Å². The van der Waals surface area contributed by atoms with Crippen LogP contribution in [0.15, 0.2) is 4.99 Å². The molecular weight excluding hydrogens is 154 g/mol. The zero-order valence-electron chi connectivity index (χ0n) is 8.26. The summed E-state index contributed by atoms with van der Waals surface area (Å²) < 4.78 is 5.13. The smallest absolute Gasteiger partial charge is 0.434 e. The van der Waals surface area contributed by atoms with E-state index in [1.165, 1.54) is 0 Å². The highest BCUT2D eigenvalue weighted by molar-refractivity contribution is 5.98. The van der Waals surface area contributed by atoms with E-state index in [2.05, 4.69) is 4.99 Å². The van der Waals surface area contributed by atoms with Gasteiger partial charge < -0.3 is 4.74 Å². The molecule has 0 fully saturated rings. The minimum atomic E-state index is -0.475. The van der Waals surface area contributed by atoms with Gasteiger partial charge in [-0.25, -0.2) is 4.79 Å². The van der Waals surface area contributed by atoms with Gasteiger partial charge in [-0.1, -0.05) is 13.8 Å². The van der Waals surface area contributed by atoms with Gasteiger partial charge >= 0.3 is 6.09 Å². The maximum Gasteiger partial charge on any atom is 0.434 e. The van der Waals surface area contributed by atoms with Crippen LogP contribution in [0, 0.1) is 5.41 Å². The molecule has 68 valence electrons. The van der Waals surface area contributed by atoms with E-state index in [0.717, 1.165) is 5.71 Å². The van der Waals surface area contributed by atoms with Crippen molar-refractivity contribution in [1.29, 1.82) is 0 Å². The minimum Gasteiger partial charge on any atom is -0.441 e. The quantitative estimate of drug-likeness (QED) is 0.558. The van der Waals surface area contributed by atoms with Crippen molar-refractivity contribution in [3.8, 4) is 0 Å². The first-order valence-electron chi connectivity index (χ1n) is 4.06. The molecule has 1 amide bonds. The molecule has 0 aromatic heterocycles. The zero-order valence-corrected chi connectivity index (χ0v) is 8.26. The Hall–Kier alpha value is -0.860. The molecule has 1 aliphatic heterocycles. The number of hydrogen-bond acceptors (Lipinski definition) is 2. The molecule has 3 nitrogen and oxygen atoms in total. The Morgan fingerprint density at radius 3 is 2.17 bits per heavy atom. The molecule has 0 bridgehead atoms. The summed E-state index contributed by atoms with van der Waals surface area (Å²) in [5.41, 5.74) is 0.195. The van der Waals surface area contributed by atoms with Gasteiger partial charge in [-0.3, -0.25) is 0 Å². The van der Waals surface area contributed by atoms with Crippen LogP contribution in [0.5, 0.6) is 0 Å². The predicted octanol–water partition coefficient (Wildman–Crippen LogP) is 2.40. The average molecular weight is 169 g/mol. The number of hydrogen-bond donors (Lipinski definition) is 0. The highest BCUT2D eigenvalue weighted by Crippen LogP contribution is 2.38. The SMILES string of the molecule is CC1=NC(=O)OC(C)(C)C1(C)C. The lowest BCUT2D eigenvalue weighted by Crippen LogP contribution is -2.50. The number of ether oxygens (including phenoxy) is 1. The average Bonchev–Trinajstić information content (AvgIpc) is 1.82. The molecule has 1 heterocycles. The van der Waals surface area contributed by atoms with E-state index in [0.29, 0.717) is 0 Å². The van der Waals surface area contributed by atoms with Gasteiger partial charge in [0.15, 0.2) is 0 Å². The molecule has 0 aromatic carbocycles. The molecular formula is C9H15NO2. The topological polar surface area (TPSA) is 38.7 Å². The van der Waals surface area contributed by atoms with Crippen LogP contribution in [-0.4, -0.2) is 17.4 Å². The second-order valence-electron chi connectivity index (χ2n) is 4.20. The van der Waals surface area contributed by atoms with Crippen LogP contribution in [0.4, 0.5) is 4.79 Å². The number of rotatable bonds is 0. The number of carbonyl (C=O) groups excluding carboxylic acids is 1. The summed E-state index contributed by atoms with van der Waals surface area (Å²) in [6, 6.07) is 0. The maximum absolute atomic E-state index is 11.0. The van der Waals surface area contributed by atoms with Crippen molar-refractivity contribution < 1.29 is 9.53 Å². The first-order chi connectivity index (χ1) is 5.27. The summed E-state index contributed by atoms with van der Waals surface area (Å²) in [5.74, 6) is 0. The lowest BCUT2D eigenvalue weighted by Gasteiger charge is -2.42. The first kappa shape index (κ1) is 9.23. The van der Waals surface area contributed by atoms with Gasteiger partial charge in [0.1, 0.15) is 5.60 Å². The van der Waals surface area contributed by atoms with Crippen molar-refractivity contribution in [3.63, 3.8) is 0 Å².